The van der Waals surface area contributed by atoms with Gasteiger partial charge in [-0.05, 0) is 25.0 Å². The number of para-hydroxylation sites is 1. The van der Waals surface area contributed by atoms with Gasteiger partial charge >= 0.3 is 0 Å². The molecule has 16 heavy (non-hydrogen) atoms. The second-order valence-electron chi connectivity index (χ2n) is 4.34. The summed E-state index contributed by atoms with van der Waals surface area (Å²) in [6.07, 6.45) is 0.779. The molecule has 1 aliphatic rings. The van der Waals surface area contributed by atoms with Crippen LogP contribution in [0.2, 0.25) is 0 Å². The summed E-state index contributed by atoms with van der Waals surface area (Å²) in [6.45, 7) is 5.82. The van der Waals surface area contributed by atoms with Crippen molar-refractivity contribution in [2.45, 2.75) is 25.3 Å². The maximum Gasteiger partial charge on any atom is 0.107 e. The van der Waals surface area contributed by atoms with Crippen molar-refractivity contribution in [3.8, 4) is 0 Å². The molecule has 2 rings (SSSR count). The number of hydrogen-bond acceptors (Lipinski definition) is 3. The molecule has 0 aliphatic carbocycles. The number of fused-ring (bicyclic) bond motifs is 1. The third-order valence-corrected chi connectivity index (χ3v) is 3.04. The van der Waals surface area contributed by atoms with Crippen molar-refractivity contribution in [2.75, 3.05) is 0 Å². The zero-order valence-electron chi connectivity index (χ0n) is 9.48. The predicted octanol–water partition coefficient (Wildman–Crippen LogP) is 2.07. The van der Waals surface area contributed by atoms with Crippen LogP contribution in [-0.2, 0) is 0 Å². The molecule has 1 aromatic rings. The molecule has 4 N–H and O–H groups in total. The molecule has 0 spiro atoms. The molecule has 0 saturated carbocycles. The van der Waals surface area contributed by atoms with Crippen molar-refractivity contribution in [1.29, 1.82) is 0 Å². The van der Waals surface area contributed by atoms with Crippen LogP contribution in [0.25, 0.3) is 0 Å². The van der Waals surface area contributed by atoms with Gasteiger partial charge < -0.3 is 11.5 Å². The van der Waals surface area contributed by atoms with Gasteiger partial charge in [-0.25, -0.2) is 4.99 Å². The topological polar surface area (TPSA) is 64.4 Å². The van der Waals surface area contributed by atoms with Crippen LogP contribution in [0.4, 0.5) is 5.69 Å². The van der Waals surface area contributed by atoms with Crippen LogP contribution in [0.15, 0.2) is 41.4 Å². The van der Waals surface area contributed by atoms with E-state index in [2.05, 4.69) is 17.6 Å². The maximum absolute atomic E-state index is 6.01. The number of rotatable bonds is 3. The summed E-state index contributed by atoms with van der Waals surface area (Å²) >= 11 is 0. The lowest BCUT2D eigenvalue weighted by Gasteiger charge is -2.17. The Balaban J connectivity index is 2.24. The van der Waals surface area contributed by atoms with Gasteiger partial charge in [0.05, 0.1) is 5.69 Å². The second kappa shape index (κ2) is 4.10. The molecule has 3 nitrogen and oxygen atoms in total. The largest absolute Gasteiger partial charge is 0.387 e. The minimum Gasteiger partial charge on any atom is -0.387 e. The molecule has 84 valence electrons. The number of nitrogens with two attached hydrogens (primary N) is 2. The number of amidine groups is 1. The van der Waals surface area contributed by atoms with E-state index < -0.39 is 0 Å². The lowest BCUT2D eigenvalue weighted by Crippen LogP contribution is -2.28. The summed E-state index contributed by atoms with van der Waals surface area (Å²) < 4.78 is 0. The quantitative estimate of drug-likeness (QED) is 0.758. The number of benzene rings is 1. The molecule has 0 fully saturated rings. The van der Waals surface area contributed by atoms with Crippen LogP contribution >= 0.6 is 0 Å². The van der Waals surface area contributed by atoms with E-state index in [0.29, 0.717) is 5.84 Å². The normalized spacial score (nSPS) is 20.1. The highest BCUT2D eigenvalue weighted by molar-refractivity contribution is 5.95. The minimum atomic E-state index is -0.0232. The summed E-state index contributed by atoms with van der Waals surface area (Å²) in [5.41, 5.74) is 15.1. The Morgan fingerprint density at radius 3 is 2.88 bits per heavy atom. The zero-order valence-corrected chi connectivity index (χ0v) is 9.48. The Hall–Kier alpha value is -1.61. The van der Waals surface area contributed by atoms with Crippen molar-refractivity contribution in [3.63, 3.8) is 0 Å². The SMILES string of the molecule is C=C(C)C(N)CC1C(N)=Nc2ccccc21. The molecule has 1 aromatic carbocycles. The zero-order chi connectivity index (χ0) is 11.7. The summed E-state index contributed by atoms with van der Waals surface area (Å²) in [6, 6.07) is 8.00. The average Bonchev–Trinajstić information content (AvgIpc) is 2.55. The van der Waals surface area contributed by atoms with E-state index in [0.717, 1.165) is 17.7 Å². The smallest absolute Gasteiger partial charge is 0.107 e. The average molecular weight is 215 g/mol. The molecule has 0 aromatic heterocycles. The van der Waals surface area contributed by atoms with Gasteiger partial charge in [0.15, 0.2) is 0 Å². The molecule has 2 unspecified atom stereocenters. The second-order valence-corrected chi connectivity index (χ2v) is 4.34. The molecular weight excluding hydrogens is 198 g/mol. The summed E-state index contributed by atoms with van der Waals surface area (Å²) in [7, 11) is 0. The van der Waals surface area contributed by atoms with Gasteiger partial charge in [0, 0.05) is 12.0 Å². The Bertz CT molecular complexity index is 448. The fraction of sp³-hybridized carbons (Fsp3) is 0.308. The van der Waals surface area contributed by atoms with E-state index in [4.69, 9.17) is 11.5 Å². The van der Waals surface area contributed by atoms with Gasteiger partial charge in [-0.1, -0.05) is 30.4 Å². The molecule has 1 heterocycles. The number of nitrogens with zero attached hydrogens (tertiary/aromatic N) is 1. The molecule has 2 atom stereocenters. The first-order chi connectivity index (χ1) is 7.59. The van der Waals surface area contributed by atoms with Gasteiger partial charge in [0.2, 0.25) is 0 Å². The lowest BCUT2D eigenvalue weighted by atomic mass is 9.90. The van der Waals surface area contributed by atoms with Crippen LogP contribution in [0.3, 0.4) is 0 Å². The van der Waals surface area contributed by atoms with Crippen LogP contribution < -0.4 is 11.5 Å². The van der Waals surface area contributed by atoms with E-state index in [1.807, 2.05) is 25.1 Å². The van der Waals surface area contributed by atoms with Gasteiger partial charge in [-0.2, -0.15) is 0 Å². The molecule has 0 bridgehead atoms. The van der Waals surface area contributed by atoms with Crippen LogP contribution in [0.1, 0.15) is 24.8 Å². The minimum absolute atomic E-state index is 0.0232. The molecule has 3 heteroatoms. The summed E-state index contributed by atoms with van der Waals surface area (Å²) in [5, 5.41) is 0. The highest BCUT2D eigenvalue weighted by Crippen LogP contribution is 2.36. The van der Waals surface area contributed by atoms with Crippen LogP contribution in [0.5, 0.6) is 0 Å². The van der Waals surface area contributed by atoms with E-state index in [-0.39, 0.29) is 12.0 Å². The maximum atomic E-state index is 6.01. The van der Waals surface area contributed by atoms with Gasteiger partial charge in [0.1, 0.15) is 5.84 Å². The first-order valence-electron chi connectivity index (χ1n) is 5.43. The third-order valence-electron chi connectivity index (χ3n) is 3.04. The summed E-state index contributed by atoms with van der Waals surface area (Å²) in [4.78, 5) is 4.36. The van der Waals surface area contributed by atoms with Crippen molar-refractivity contribution in [2.24, 2.45) is 16.5 Å². The molecule has 0 amide bonds. The van der Waals surface area contributed by atoms with Crippen LogP contribution in [0, 0.1) is 0 Å². The van der Waals surface area contributed by atoms with Crippen molar-refractivity contribution < 1.29 is 0 Å². The Labute approximate surface area is 95.9 Å². The highest BCUT2D eigenvalue weighted by Gasteiger charge is 2.26. The lowest BCUT2D eigenvalue weighted by molar-refractivity contribution is 0.662. The Morgan fingerprint density at radius 1 is 1.50 bits per heavy atom. The Kier molecular flexibility index (Phi) is 2.79. The van der Waals surface area contributed by atoms with Gasteiger partial charge in [-0.15, -0.1) is 0 Å². The molecule has 0 radical (unpaired) electrons. The highest BCUT2D eigenvalue weighted by atomic mass is 14.9. The van der Waals surface area contributed by atoms with Gasteiger partial charge in [-0.3, -0.25) is 0 Å². The molecule has 1 aliphatic heterocycles. The van der Waals surface area contributed by atoms with E-state index >= 15 is 0 Å². The predicted molar refractivity (Wildman–Crippen MR) is 67.9 cm³/mol. The van der Waals surface area contributed by atoms with Crippen molar-refractivity contribution in [1.82, 2.24) is 0 Å². The summed E-state index contributed by atoms with van der Waals surface area (Å²) in [5.74, 6) is 0.806. The molecular formula is C13H17N3. The number of aliphatic imine (C=N–C) groups is 1. The molecule has 0 saturated heterocycles. The van der Waals surface area contributed by atoms with Crippen LogP contribution in [-0.4, -0.2) is 11.9 Å². The standard InChI is InChI=1S/C13H17N3/c1-8(2)11(14)7-10-9-5-3-4-6-12(9)16-13(10)15/h3-6,10-11H,1,7,14H2,2H3,(H2,15,16). The van der Waals surface area contributed by atoms with Gasteiger partial charge in [0.25, 0.3) is 0 Å². The van der Waals surface area contributed by atoms with E-state index in [1.54, 1.807) is 0 Å². The van der Waals surface area contributed by atoms with Crippen molar-refractivity contribution >= 4 is 11.5 Å². The van der Waals surface area contributed by atoms with E-state index in [1.165, 1.54) is 5.56 Å². The third kappa shape index (κ3) is 1.86. The fourth-order valence-electron chi connectivity index (χ4n) is 1.96. The fourth-order valence-corrected chi connectivity index (χ4v) is 1.96. The first kappa shape index (κ1) is 10.9. The Morgan fingerprint density at radius 2 is 2.19 bits per heavy atom. The monoisotopic (exact) mass is 215 g/mol. The van der Waals surface area contributed by atoms with E-state index in [9.17, 15) is 0 Å². The first-order valence-corrected chi connectivity index (χ1v) is 5.43. The number of hydrogen-bond donors (Lipinski definition) is 2. The van der Waals surface area contributed by atoms with Crippen molar-refractivity contribution in [3.05, 3.63) is 42.0 Å².